The van der Waals surface area contributed by atoms with Crippen LogP contribution in [0.2, 0.25) is 0 Å². The summed E-state index contributed by atoms with van der Waals surface area (Å²) in [6.45, 7) is 6.04. The van der Waals surface area contributed by atoms with Crippen molar-refractivity contribution in [1.29, 1.82) is 0 Å². The Morgan fingerprint density at radius 2 is 1.75 bits per heavy atom. The molecule has 1 aliphatic heterocycles. The molecule has 1 aliphatic rings. The van der Waals surface area contributed by atoms with Gasteiger partial charge in [-0.25, -0.2) is 9.78 Å². The van der Waals surface area contributed by atoms with Gasteiger partial charge in [-0.1, -0.05) is 18.2 Å². The van der Waals surface area contributed by atoms with Gasteiger partial charge in [-0.2, -0.15) is 0 Å². The maximum Gasteiger partial charge on any atom is 0.415 e. The van der Waals surface area contributed by atoms with Crippen molar-refractivity contribution in [2.45, 2.75) is 26.2 Å². The molecular weight excluding hydrogens is 402 g/mol. The minimum Gasteiger partial charge on any atom is -0.410 e. The number of aryl methyl sites for hydroxylation is 4. The Balaban J connectivity index is 1.19. The van der Waals surface area contributed by atoms with Gasteiger partial charge in [0.2, 0.25) is 0 Å². The van der Waals surface area contributed by atoms with Crippen molar-refractivity contribution in [2.75, 3.05) is 32.7 Å². The molecule has 0 spiro atoms. The molecule has 7 nitrogen and oxygen atoms in total. The Labute approximate surface area is 189 Å². The summed E-state index contributed by atoms with van der Waals surface area (Å²) in [5, 5.41) is 0. The van der Waals surface area contributed by atoms with Gasteiger partial charge in [0, 0.05) is 63.8 Å². The lowest BCUT2D eigenvalue weighted by Gasteiger charge is -2.33. The molecule has 3 heterocycles. The van der Waals surface area contributed by atoms with Gasteiger partial charge in [0.15, 0.2) is 0 Å². The number of benzene rings is 1. The number of piperazine rings is 1. The van der Waals surface area contributed by atoms with Crippen molar-refractivity contribution in [3.63, 3.8) is 0 Å². The average molecular weight is 434 g/mol. The van der Waals surface area contributed by atoms with E-state index in [-0.39, 0.29) is 6.09 Å². The Kier molecular flexibility index (Phi) is 7.17. The molecule has 2 aromatic heterocycles. The molecule has 0 atom stereocenters. The van der Waals surface area contributed by atoms with Crippen LogP contribution in [0, 0.1) is 6.92 Å². The molecule has 1 fully saturated rings. The maximum absolute atomic E-state index is 12.5. The van der Waals surface area contributed by atoms with Gasteiger partial charge >= 0.3 is 6.09 Å². The predicted molar refractivity (Wildman–Crippen MR) is 124 cm³/mol. The molecule has 168 valence electrons. The van der Waals surface area contributed by atoms with Crippen molar-refractivity contribution < 1.29 is 9.53 Å². The van der Waals surface area contributed by atoms with Crippen LogP contribution in [0.1, 0.15) is 22.6 Å². The largest absolute Gasteiger partial charge is 0.415 e. The van der Waals surface area contributed by atoms with Gasteiger partial charge in [-0.3, -0.25) is 9.88 Å². The van der Waals surface area contributed by atoms with Crippen LogP contribution >= 0.6 is 0 Å². The molecule has 0 saturated carbocycles. The molecule has 0 N–H and O–H groups in total. The van der Waals surface area contributed by atoms with Crippen LogP contribution in [0.4, 0.5) is 4.79 Å². The minimum atomic E-state index is -0.272. The SMILES string of the molecule is Cc1cccc(CCc2ccc(OC(=O)N3CCN(CCc4cn(C)cn4)CC3)cc2)n1. The number of ether oxygens (including phenoxy) is 1. The summed E-state index contributed by atoms with van der Waals surface area (Å²) in [6.07, 6.45) is 6.34. The van der Waals surface area contributed by atoms with Gasteiger partial charge in [-0.15, -0.1) is 0 Å². The summed E-state index contributed by atoms with van der Waals surface area (Å²) < 4.78 is 7.57. The Hall–Kier alpha value is -3.19. The van der Waals surface area contributed by atoms with E-state index in [1.165, 1.54) is 5.56 Å². The normalized spacial score (nSPS) is 14.5. The topological polar surface area (TPSA) is 63.5 Å². The number of amides is 1. The minimum absolute atomic E-state index is 0.272. The first-order chi connectivity index (χ1) is 15.5. The summed E-state index contributed by atoms with van der Waals surface area (Å²) >= 11 is 0. The number of carbonyl (C=O) groups excluding carboxylic acids is 1. The highest BCUT2D eigenvalue weighted by Crippen LogP contribution is 2.16. The Morgan fingerprint density at radius 3 is 2.44 bits per heavy atom. The lowest BCUT2D eigenvalue weighted by molar-refractivity contribution is 0.111. The summed E-state index contributed by atoms with van der Waals surface area (Å²) in [7, 11) is 1.98. The molecule has 32 heavy (non-hydrogen) atoms. The standard InChI is InChI=1S/C25H31N5O2/c1-20-4-3-5-22(27-20)9-6-21-7-10-24(11-8-21)32-25(31)30-16-14-29(15-17-30)13-12-23-18-28(2)19-26-23/h3-5,7-8,10-11,18-19H,6,9,12-17H2,1-2H3. The van der Waals surface area contributed by atoms with Crippen molar-refractivity contribution >= 4 is 6.09 Å². The molecular formula is C25H31N5O2. The first kappa shape index (κ1) is 22.0. The number of rotatable bonds is 7. The molecule has 7 heteroatoms. The second-order valence-electron chi connectivity index (χ2n) is 8.39. The van der Waals surface area contributed by atoms with E-state index in [4.69, 9.17) is 4.74 Å². The zero-order valence-corrected chi connectivity index (χ0v) is 18.9. The quantitative estimate of drug-likeness (QED) is 0.572. The van der Waals surface area contributed by atoms with Crippen LogP contribution in [0.25, 0.3) is 0 Å². The van der Waals surface area contributed by atoms with Crippen molar-refractivity contribution in [2.24, 2.45) is 7.05 Å². The lowest BCUT2D eigenvalue weighted by atomic mass is 10.1. The van der Waals surface area contributed by atoms with Crippen molar-refractivity contribution in [3.8, 4) is 5.75 Å². The third kappa shape index (κ3) is 6.17. The monoisotopic (exact) mass is 433 g/mol. The maximum atomic E-state index is 12.5. The molecule has 3 aromatic rings. The molecule has 0 unspecified atom stereocenters. The van der Waals surface area contributed by atoms with Gasteiger partial charge in [0.1, 0.15) is 5.75 Å². The number of aromatic nitrogens is 3. The van der Waals surface area contributed by atoms with Crippen LogP contribution in [-0.2, 0) is 26.3 Å². The van der Waals surface area contributed by atoms with E-state index in [0.717, 1.165) is 56.0 Å². The number of hydrogen-bond acceptors (Lipinski definition) is 5. The zero-order chi connectivity index (χ0) is 22.3. The Morgan fingerprint density at radius 1 is 0.969 bits per heavy atom. The highest BCUT2D eigenvalue weighted by molar-refractivity contribution is 5.70. The van der Waals surface area contributed by atoms with E-state index < -0.39 is 0 Å². The number of nitrogens with zero attached hydrogens (tertiary/aromatic N) is 5. The van der Waals surface area contributed by atoms with Crippen LogP contribution in [0.3, 0.4) is 0 Å². The van der Waals surface area contributed by atoms with Gasteiger partial charge < -0.3 is 14.2 Å². The van der Waals surface area contributed by atoms with Crippen LogP contribution < -0.4 is 4.74 Å². The first-order valence-electron chi connectivity index (χ1n) is 11.2. The molecule has 0 bridgehead atoms. The zero-order valence-electron chi connectivity index (χ0n) is 18.9. The van der Waals surface area contributed by atoms with E-state index in [2.05, 4.69) is 27.1 Å². The molecule has 1 aromatic carbocycles. The number of hydrogen-bond donors (Lipinski definition) is 0. The fraction of sp³-hybridized carbons (Fsp3) is 0.400. The summed E-state index contributed by atoms with van der Waals surface area (Å²) in [6, 6.07) is 13.9. The third-order valence-corrected chi connectivity index (χ3v) is 5.82. The van der Waals surface area contributed by atoms with E-state index in [9.17, 15) is 4.79 Å². The second-order valence-corrected chi connectivity index (χ2v) is 8.39. The van der Waals surface area contributed by atoms with Crippen LogP contribution in [0.5, 0.6) is 5.75 Å². The highest BCUT2D eigenvalue weighted by Gasteiger charge is 2.22. The van der Waals surface area contributed by atoms with Gasteiger partial charge in [0.05, 0.1) is 12.0 Å². The molecule has 1 saturated heterocycles. The van der Waals surface area contributed by atoms with Crippen LogP contribution in [0.15, 0.2) is 55.0 Å². The fourth-order valence-electron chi connectivity index (χ4n) is 3.92. The fourth-order valence-corrected chi connectivity index (χ4v) is 3.92. The van der Waals surface area contributed by atoms with E-state index in [1.54, 1.807) is 4.90 Å². The second kappa shape index (κ2) is 10.4. The summed E-state index contributed by atoms with van der Waals surface area (Å²) in [4.78, 5) is 25.6. The van der Waals surface area contributed by atoms with E-state index >= 15 is 0 Å². The van der Waals surface area contributed by atoms with E-state index in [0.29, 0.717) is 18.8 Å². The van der Waals surface area contributed by atoms with Crippen molar-refractivity contribution in [1.82, 2.24) is 24.3 Å². The lowest BCUT2D eigenvalue weighted by Crippen LogP contribution is -2.49. The van der Waals surface area contributed by atoms with E-state index in [1.807, 2.05) is 61.3 Å². The first-order valence-corrected chi connectivity index (χ1v) is 11.2. The van der Waals surface area contributed by atoms with Gasteiger partial charge in [0.25, 0.3) is 0 Å². The predicted octanol–water partition coefficient (Wildman–Crippen LogP) is 3.27. The highest BCUT2D eigenvalue weighted by atomic mass is 16.6. The van der Waals surface area contributed by atoms with Crippen LogP contribution in [-0.4, -0.2) is 63.2 Å². The number of carbonyl (C=O) groups is 1. The van der Waals surface area contributed by atoms with Gasteiger partial charge in [-0.05, 0) is 49.6 Å². The Bertz CT molecular complexity index is 1020. The van der Waals surface area contributed by atoms with Crippen molar-refractivity contribution in [3.05, 3.63) is 77.6 Å². The number of pyridine rings is 1. The molecule has 4 rings (SSSR count). The summed E-state index contributed by atoms with van der Waals surface area (Å²) in [5.74, 6) is 0.588. The summed E-state index contributed by atoms with van der Waals surface area (Å²) in [5.41, 5.74) is 4.45. The molecule has 0 aliphatic carbocycles. The number of imidazole rings is 1. The smallest absolute Gasteiger partial charge is 0.410 e. The molecule has 1 amide bonds. The average Bonchev–Trinajstić information content (AvgIpc) is 3.23. The third-order valence-electron chi connectivity index (χ3n) is 5.82. The molecule has 0 radical (unpaired) electrons.